The van der Waals surface area contributed by atoms with E-state index in [1.807, 2.05) is 0 Å². The first-order valence-electron chi connectivity index (χ1n) is 5.27. The van der Waals surface area contributed by atoms with Gasteiger partial charge in [-0.1, -0.05) is 0 Å². The molecule has 1 heterocycles. The minimum atomic E-state index is -2.77. The minimum Gasteiger partial charge on any atom is -0.466 e. The molecular formula is C11H13ClF2N2O2. The Labute approximate surface area is 108 Å². The third-order valence-corrected chi connectivity index (χ3v) is 2.60. The summed E-state index contributed by atoms with van der Waals surface area (Å²) in [7, 11) is 0. The van der Waals surface area contributed by atoms with Crippen molar-refractivity contribution in [2.24, 2.45) is 0 Å². The van der Waals surface area contributed by atoms with E-state index in [0.717, 1.165) is 6.20 Å². The summed E-state index contributed by atoms with van der Waals surface area (Å²) in [6.45, 7) is 1.82. The van der Waals surface area contributed by atoms with E-state index in [0.29, 0.717) is 0 Å². The number of esters is 1. The molecule has 0 aliphatic rings. The lowest BCUT2D eigenvalue weighted by molar-refractivity contribution is -0.142. The molecule has 0 aromatic carbocycles. The second-order valence-corrected chi connectivity index (χ2v) is 3.74. The fraction of sp³-hybridized carbons (Fsp3) is 0.455. The number of pyridine rings is 1. The summed E-state index contributed by atoms with van der Waals surface area (Å²) in [4.78, 5) is 15.1. The predicted molar refractivity (Wildman–Crippen MR) is 63.5 cm³/mol. The fourth-order valence-electron chi connectivity index (χ4n) is 1.55. The Morgan fingerprint density at radius 3 is 2.78 bits per heavy atom. The van der Waals surface area contributed by atoms with Crippen LogP contribution < -0.4 is 5.73 Å². The minimum absolute atomic E-state index is 0.0482. The molecule has 0 aliphatic carbocycles. The number of alkyl halides is 3. The van der Waals surface area contributed by atoms with Gasteiger partial charge in [-0.2, -0.15) is 0 Å². The highest BCUT2D eigenvalue weighted by atomic mass is 35.5. The molecular weight excluding hydrogens is 266 g/mol. The Morgan fingerprint density at radius 2 is 2.28 bits per heavy atom. The second-order valence-electron chi connectivity index (χ2n) is 3.48. The van der Waals surface area contributed by atoms with E-state index < -0.39 is 12.4 Å². The number of carbonyl (C=O) groups excluding carboxylic acids is 1. The zero-order chi connectivity index (χ0) is 13.7. The van der Waals surface area contributed by atoms with Gasteiger partial charge in [0.25, 0.3) is 6.43 Å². The number of halogens is 3. The number of anilines is 1. The third kappa shape index (κ3) is 3.29. The van der Waals surface area contributed by atoms with Gasteiger partial charge >= 0.3 is 5.97 Å². The zero-order valence-corrected chi connectivity index (χ0v) is 10.5. The number of nitrogen functional groups attached to an aromatic ring is 1. The molecule has 0 atom stereocenters. The van der Waals surface area contributed by atoms with Crippen molar-refractivity contribution in [3.8, 4) is 0 Å². The van der Waals surface area contributed by atoms with Crippen LogP contribution in [-0.2, 0) is 21.8 Å². The van der Waals surface area contributed by atoms with Crippen molar-refractivity contribution in [3.05, 3.63) is 22.9 Å². The maximum absolute atomic E-state index is 13.0. The van der Waals surface area contributed by atoms with E-state index in [2.05, 4.69) is 4.98 Å². The van der Waals surface area contributed by atoms with Gasteiger partial charge in [0.05, 0.1) is 18.9 Å². The van der Waals surface area contributed by atoms with Crippen LogP contribution in [0.25, 0.3) is 0 Å². The number of nitrogens with zero attached hydrogens (tertiary/aromatic N) is 1. The number of carbonyl (C=O) groups is 1. The molecule has 0 aliphatic heterocycles. The van der Waals surface area contributed by atoms with Crippen LogP contribution in [0, 0.1) is 0 Å². The van der Waals surface area contributed by atoms with E-state index in [-0.39, 0.29) is 41.4 Å². The zero-order valence-electron chi connectivity index (χ0n) is 9.75. The van der Waals surface area contributed by atoms with E-state index in [4.69, 9.17) is 22.1 Å². The molecule has 7 heteroatoms. The molecule has 100 valence electrons. The van der Waals surface area contributed by atoms with Crippen LogP contribution in [0.15, 0.2) is 6.20 Å². The quantitative estimate of drug-likeness (QED) is 0.664. The summed E-state index contributed by atoms with van der Waals surface area (Å²) in [5.74, 6) is -0.825. The fourth-order valence-corrected chi connectivity index (χ4v) is 1.83. The van der Waals surface area contributed by atoms with Crippen molar-refractivity contribution in [1.82, 2.24) is 4.98 Å². The van der Waals surface area contributed by atoms with Gasteiger partial charge in [0, 0.05) is 17.3 Å². The van der Waals surface area contributed by atoms with E-state index in [9.17, 15) is 13.6 Å². The van der Waals surface area contributed by atoms with Crippen molar-refractivity contribution in [1.29, 1.82) is 0 Å². The van der Waals surface area contributed by atoms with Gasteiger partial charge in [-0.25, -0.2) is 13.8 Å². The summed E-state index contributed by atoms with van der Waals surface area (Å²) >= 11 is 5.58. The normalized spacial score (nSPS) is 10.7. The van der Waals surface area contributed by atoms with Crippen LogP contribution in [0.2, 0.25) is 0 Å². The lowest BCUT2D eigenvalue weighted by Gasteiger charge is -2.13. The number of hydrogen-bond donors (Lipinski definition) is 1. The average molecular weight is 279 g/mol. The van der Waals surface area contributed by atoms with Crippen LogP contribution in [0.3, 0.4) is 0 Å². The monoisotopic (exact) mass is 278 g/mol. The summed E-state index contributed by atoms with van der Waals surface area (Å²) in [6, 6.07) is 0. The largest absolute Gasteiger partial charge is 0.466 e. The van der Waals surface area contributed by atoms with Crippen LogP contribution in [0.5, 0.6) is 0 Å². The molecule has 18 heavy (non-hydrogen) atoms. The number of ether oxygens (including phenoxy) is 1. The van der Waals surface area contributed by atoms with Crippen molar-refractivity contribution in [2.75, 3.05) is 12.3 Å². The molecule has 1 aromatic heterocycles. The molecule has 0 unspecified atom stereocenters. The van der Waals surface area contributed by atoms with E-state index >= 15 is 0 Å². The highest BCUT2D eigenvalue weighted by Gasteiger charge is 2.22. The van der Waals surface area contributed by atoms with Crippen LogP contribution >= 0.6 is 11.6 Å². The highest BCUT2D eigenvalue weighted by Crippen LogP contribution is 2.30. The van der Waals surface area contributed by atoms with Crippen molar-refractivity contribution in [3.63, 3.8) is 0 Å². The van der Waals surface area contributed by atoms with Gasteiger partial charge in [-0.3, -0.25) is 4.79 Å². The Balaban J connectivity index is 3.15. The molecule has 1 rings (SSSR count). The molecule has 0 amide bonds. The van der Waals surface area contributed by atoms with Gasteiger partial charge in [-0.15, -0.1) is 11.6 Å². The molecule has 2 N–H and O–H groups in total. The SMILES string of the molecule is CCOC(=O)Cc1cnc(N)c(CCl)c1C(F)F. The molecule has 0 spiro atoms. The van der Waals surface area contributed by atoms with Crippen LogP contribution in [0.4, 0.5) is 14.6 Å². The predicted octanol–water partition coefficient (Wildman–Crippen LogP) is 2.45. The van der Waals surface area contributed by atoms with E-state index in [1.54, 1.807) is 6.92 Å². The smallest absolute Gasteiger partial charge is 0.310 e. The highest BCUT2D eigenvalue weighted by molar-refractivity contribution is 6.17. The van der Waals surface area contributed by atoms with Crippen molar-refractivity contribution < 1.29 is 18.3 Å². The standard InChI is InChI=1S/C11H13ClF2N2O2/c1-2-18-8(17)3-6-5-16-11(15)7(4-12)9(6)10(13)14/h5,10H,2-4H2,1H3,(H2,15,16). The van der Waals surface area contributed by atoms with Gasteiger partial charge in [0.2, 0.25) is 0 Å². The molecule has 1 aromatic rings. The van der Waals surface area contributed by atoms with Gasteiger partial charge in [0.1, 0.15) is 5.82 Å². The molecule has 4 nitrogen and oxygen atoms in total. The summed E-state index contributed by atoms with van der Waals surface area (Å²) in [6.07, 6.45) is -1.89. The Hall–Kier alpha value is -1.43. The van der Waals surface area contributed by atoms with Gasteiger partial charge < -0.3 is 10.5 Å². The van der Waals surface area contributed by atoms with Crippen molar-refractivity contribution in [2.45, 2.75) is 25.7 Å². The topological polar surface area (TPSA) is 65.2 Å². The number of nitrogens with two attached hydrogens (primary N) is 1. The Kier molecular flexibility index (Phi) is 5.27. The van der Waals surface area contributed by atoms with Gasteiger partial charge in [-0.05, 0) is 12.5 Å². The Morgan fingerprint density at radius 1 is 1.61 bits per heavy atom. The maximum atomic E-state index is 13.0. The van der Waals surface area contributed by atoms with Crippen LogP contribution in [-0.4, -0.2) is 17.6 Å². The average Bonchev–Trinajstić information content (AvgIpc) is 2.30. The molecule has 0 radical (unpaired) electrons. The molecule has 0 saturated carbocycles. The van der Waals surface area contributed by atoms with E-state index in [1.165, 1.54) is 0 Å². The molecule has 0 bridgehead atoms. The molecule has 0 fully saturated rings. The number of hydrogen-bond acceptors (Lipinski definition) is 4. The number of aromatic nitrogens is 1. The first-order chi connectivity index (χ1) is 8.51. The third-order valence-electron chi connectivity index (χ3n) is 2.33. The number of rotatable bonds is 5. The Bertz CT molecular complexity index is 441. The lowest BCUT2D eigenvalue weighted by Crippen LogP contribution is -2.12. The second kappa shape index (κ2) is 6.49. The maximum Gasteiger partial charge on any atom is 0.310 e. The summed E-state index contributed by atoms with van der Waals surface area (Å²) < 4.78 is 30.7. The summed E-state index contributed by atoms with van der Waals surface area (Å²) in [5.41, 5.74) is 5.31. The van der Waals surface area contributed by atoms with Crippen molar-refractivity contribution >= 4 is 23.4 Å². The lowest BCUT2D eigenvalue weighted by atomic mass is 10.0. The van der Waals surface area contributed by atoms with Crippen LogP contribution in [0.1, 0.15) is 30.0 Å². The summed E-state index contributed by atoms with van der Waals surface area (Å²) in [5, 5.41) is 0. The first kappa shape index (κ1) is 14.6. The first-order valence-corrected chi connectivity index (χ1v) is 5.80. The van der Waals surface area contributed by atoms with Gasteiger partial charge in [0.15, 0.2) is 0 Å². The molecule has 0 saturated heterocycles.